The number of amides is 2. The van der Waals surface area contributed by atoms with Crippen LogP contribution in [0.3, 0.4) is 0 Å². The summed E-state index contributed by atoms with van der Waals surface area (Å²) in [5.41, 5.74) is 2.27. The van der Waals surface area contributed by atoms with Crippen LogP contribution in [0, 0.1) is 25.7 Å². The van der Waals surface area contributed by atoms with Gasteiger partial charge in [0.2, 0.25) is 11.8 Å². The minimum absolute atomic E-state index is 0.133. The Hall–Kier alpha value is -1.94. The van der Waals surface area contributed by atoms with Gasteiger partial charge in [-0.15, -0.1) is 0 Å². The first-order chi connectivity index (χ1) is 9.92. The van der Waals surface area contributed by atoms with Crippen LogP contribution >= 0.6 is 0 Å². The van der Waals surface area contributed by atoms with Crippen LogP contribution in [0.15, 0.2) is 30.4 Å². The number of nitrogens with zero attached hydrogens (tertiary/aromatic N) is 1. The molecule has 3 aliphatic rings. The number of aryl methyl sites for hydroxylation is 2. The second-order valence-corrected chi connectivity index (χ2v) is 6.41. The fourth-order valence-electron chi connectivity index (χ4n) is 3.77. The zero-order valence-corrected chi connectivity index (χ0v) is 12.3. The molecule has 2 saturated heterocycles. The maximum Gasteiger partial charge on any atom is 0.241 e. The molecule has 0 aromatic heterocycles. The molecule has 0 radical (unpaired) electrons. The van der Waals surface area contributed by atoms with Gasteiger partial charge in [0.05, 0.1) is 29.2 Å². The molecule has 4 nitrogen and oxygen atoms in total. The Morgan fingerprint density at radius 1 is 1.14 bits per heavy atom. The Balaban J connectivity index is 1.78. The van der Waals surface area contributed by atoms with Crippen LogP contribution in [0.4, 0.5) is 5.69 Å². The summed E-state index contributed by atoms with van der Waals surface area (Å²) in [5, 5.41) is 0. The van der Waals surface area contributed by atoms with Crippen molar-refractivity contribution in [3.05, 3.63) is 41.5 Å². The molecule has 0 N–H and O–H groups in total. The van der Waals surface area contributed by atoms with E-state index in [9.17, 15) is 9.59 Å². The number of hydrogen-bond acceptors (Lipinski definition) is 3. The minimum Gasteiger partial charge on any atom is -0.362 e. The van der Waals surface area contributed by atoms with Gasteiger partial charge in [-0.2, -0.15) is 0 Å². The summed E-state index contributed by atoms with van der Waals surface area (Å²) in [6, 6.07) is 5.70. The molecule has 3 heterocycles. The molecule has 2 bridgehead atoms. The molecule has 21 heavy (non-hydrogen) atoms. The van der Waals surface area contributed by atoms with Crippen LogP contribution < -0.4 is 4.90 Å². The quantitative estimate of drug-likeness (QED) is 0.586. The standard InChI is InChI=1S/C17H17NO3/c1-9-4-5-11(8-10(9)2)18-15(19)13-12-6-7-17(3,21-12)14(13)16(18)20/h4-8,12-14H,1-3H3/t12-,13-,14-,17-/m1/s1. The van der Waals surface area contributed by atoms with E-state index in [0.29, 0.717) is 5.69 Å². The number of ether oxygens (including phenoxy) is 1. The lowest BCUT2D eigenvalue weighted by Crippen LogP contribution is -2.38. The van der Waals surface area contributed by atoms with Crippen molar-refractivity contribution in [1.82, 2.24) is 0 Å². The lowest BCUT2D eigenvalue weighted by Gasteiger charge is -2.24. The molecule has 3 aliphatic heterocycles. The predicted octanol–water partition coefficient (Wildman–Crippen LogP) is 2.14. The third kappa shape index (κ3) is 1.48. The van der Waals surface area contributed by atoms with Gasteiger partial charge in [-0.3, -0.25) is 9.59 Å². The second kappa shape index (κ2) is 3.83. The highest BCUT2D eigenvalue weighted by Gasteiger charge is 2.65. The van der Waals surface area contributed by atoms with Crippen LogP contribution in [-0.2, 0) is 14.3 Å². The predicted molar refractivity (Wildman–Crippen MR) is 77.8 cm³/mol. The molecule has 4 heteroatoms. The van der Waals surface area contributed by atoms with Crippen LogP contribution in [0.25, 0.3) is 0 Å². The summed E-state index contributed by atoms with van der Waals surface area (Å²) in [4.78, 5) is 26.8. The number of benzene rings is 1. The van der Waals surface area contributed by atoms with Gasteiger partial charge in [-0.1, -0.05) is 18.2 Å². The zero-order chi connectivity index (χ0) is 14.9. The van der Waals surface area contributed by atoms with Crippen molar-refractivity contribution in [2.45, 2.75) is 32.5 Å². The van der Waals surface area contributed by atoms with E-state index < -0.39 is 5.60 Å². The topological polar surface area (TPSA) is 46.6 Å². The van der Waals surface area contributed by atoms with Gasteiger partial charge in [0.25, 0.3) is 0 Å². The van der Waals surface area contributed by atoms with Gasteiger partial charge in [0.1, 0.15) is 0 Å². The lowest BCUT2D eigenvalue weighted by molar-refractivity contribution is -0.126. The highest BCUT2D eigenvalue weighted by molar-refractivity contribution is 6.23. The summed E-state index contributed by atoms with van der Waals surface area (Å²) in [5.74, 6) is -1.02. The fraction of sp³-hybridized carbons (Fsp3) is 0.412. The first-order valence-electron chi connectivity index (χ1n) is 7.24. The van der Waals surface area contributed by atoms with Crippen LogP contribution in [-0.4, -0.2) is 23.5 Å². The zero-order valence-electron chi connectivity index (χ0n) is 12.3. The highest BCUT2D eigenvalue weighted by Crippen LogP contribution is 2.52. The van der Waals surface area contributed by atoms with E-state index in [0.717, 1.165) is 11.1 Å². The van der Waals surface area contributed by atoms with Gasteiger partial charge in [-0.05, 0) is 44.0 Å². The van der Waals surface area contributed by atoms with Crippen molar-refractivity contribution >= 4 is 17.5 Å². The number of hydrogen-bond donors (Lipinski definition) is 0. The Bertz CT molecular complexity index is 708. The van der Waals surface area contributed by atoms with E-state index in [1.807, 2.05) is 51.1 Å². The van der Waals surface area contributed by atoms with E-state index in [1.54, 1.807) is 0 Å². The smallest absolute Gasteiger partial charge is 0.241 e. The van der Waals surface area contributed by atoms with Gasteiger partial charge in [0, 0.05) is 0 Å². The number of rotatable bonds is 1. The minimum atomic E-state index is -0.628. The second-order valence-electron chi connectivity index (χ2n) is 6.41. The molecular formula is C17H17NO3. The van der Waals surface area contributed by atoms with Gasteiger partial charge in [-0.25, -0.2) is 4.90 Å². The number of carbonyl (C=O) groups is 2. The summed E-state index contributed by atoms with van der Waals surface area (Å²) in [6.07, 6.45) is 3.58. The average molecular weight is 283 g/mol. The largest absolute Gasteiger partial charge is 0.362 e. The van der Waals surface area contributed by atoms with E-state index in [1.165, 1.54) is 4.90 Å². The number of carbonyl (C=O) groups excluding carboxylic acids is 2. The molecule has 108 valence electrons. The van der Waals surface area contributed by atoms with Crippen molar-refractivity contribution in [1.29, 1.82) is 0 Å². The van der Waals surface area contributed by atoms with Crippen molar-refractivity contribution in [2.24, 2.45) is 11.8 Å². The number of imide groups is 1. The lowest BCUT2D eigenvalue weighted by atomic mass is 9.78. The molecule has 2 fully saturated rings. The summed E-state index contributed by atoms with van der Waals surface area (Å²) >= 11 is 0. The molecule has 2 amide bonds. The first kappa shape index (κ1) is 12.8. The van der Waals surface area contributed by atoms with Gasteiger partial charge in [0.15, 0.2) is 0 Å². The fourth-order valence-corrected chi connectivity index (χ4v) is 3.77. The molecule has 4 rings (SSSR count). The maximum atomic E-state index is 12.8. The van der Waals surface area contributed by atoms with Crippen LogP contribution in [0.2, 0.25) is 0 Å². The molecule has 0 saturated carbocycles. The molecule has 0 spiro atoms. The normalized spacial score (nSPS) is 36.7. The van der Waals surface area contributed by atoms with Crippen molar-refractivity contribution in [3.8, 4) is 0 Å². The highest BCUT2D eigenvalue weighted by atomic mass is 16.5. The van der Waals surface area contributed by atoms with E-state index in [2.05, 4.69) is 0 Å². The summed E-state index contributed by atoms with van der Waals surface area (Å²) in [6.45, 7) is 5.89. The van der Waals surface area contributed by atoms with Gasteiger partial charge >= 0.3 is 0 Å². The Morgan fingerprint density at radius 2 is 1.90 bits per heavy atom. The first-order valence-corrected chi connectivity index (χ1v) is 7.24. The molecule has 1 aromatic carbocycles. The van der Waals surface area contributed by atoms with Gasteiger partial charge < -0.3 is 4.74 Å². The van der Waals surface area contributed by atoms with E-state index in [4.69, 9.17) is 4.74 Å². The maximum absolute atomic E-state index is 12.8. The average Bonchev–Trinajstić information content (AvgIpc) is 3.03. The molecule has 0 aliphatic carbocycles. The van der Waals surface area contributed by atoms with Crippen molar-refractivity contribution < 1.29 is 14.3 Å². The third-order valence-electron chi connectivity index (χ3n) is 5.08. The summed E-state index contributed by atoms with van der Waals surface area (Å²) in [7, 11) is 0. The monoisotopic (exact) mass is 283 g/mol. The third-order valence-corrected chi connectivity index (χ3v) is 5.08. The molecule has 1 aromatic rings. The Labute approximate surface area is 123 Å². The number of fused-ring (bicyclic) bond motifs is 5. The van der Waals surface area contributed by atoms with E-state index in [-0.39, 0.29) is 29.8 Å². The molecule has 4 atom stereocenters. The number of anilines is 1. The van der Waals surface area contributed by atoms with Crippen LogP contribution in [0.5, 0.6) is 0 Å². The Kier molecular flexibility index (Phi) is 2.33. The molecule has 0 unspecified atom stereocenters. The van der Waals surface area contributed by atoms with E-state index >= 15 is 0 Å². The molecular weight excluding hydrogens is 266 g/mol. The van der Waals surface area contributed by atoms with Crippen LogP contribution in [0.1, 0.15) is 18.1 Å². The van der Waals surface area contributed by atoms with Crippen molar-refractivity contribution in [3.63, 3.8) is 0 Å². The Morgan fingerprint density at radius 3 is 2.57 bits per heavy atom. The summed E-state index contributed by atoms with van der Waals surface area (Å²) < 4.78 is 5.82. The van der Waals surface area contributed by atoms with Crippen molar-refractivity contribution in [2.75, 3.05) is 4.90 Å². The SMILES string of the molecule is Cc1ccc(N2C(=O)[C@@H]3[C@H]4C=C[C@@](C)(O4)[C@H]3C2=O)cc1C.